The minimum Gasteiger partial charge on any atom is -0.395 e. The van der Waals surface area contributed by atoms with Gasteiger partial charge in [0.1, 0.15) is 0 Å². The van der Waals surface area contributed by atoms with Gasteiger partial charge in [0.05, 0.1) is 17.4 Å². The number of aliphatic hydroxyl groups excluding tert-OH is 1. The van der Waals surface area contributed by atoms with Crippen LogP contribution in [0.15, 0.2) is 52.3 Å². The zero-order valence-electron chi connectivity index (χ0n) is 14.6. The van der Waals surface area contributed by atoms with Crippen molar-refractivity contribution in [1.82, 2.24) is 9.80 Å². The van der Waals surface area contributed by atoms with E-state index in [9.17, 15) is 4.21 Å². The van der Waals surface area contributed by atoms with E-state index in [4.69, 9.17) is 16.7 Å². The highest BCUT2D eigenvalue weighted by Crippen LogP contribution is 2.38. The Morgan fingerprint density at radius 1 is 1.08 bits per heavy atom. The Morgan fingerprint density at radius 3 is 2.62 bits per heavy atom. The van der Waals surface area contributed by atoms with Crippen molar-refractivity contribution in [1.29, 1.82) is 0 Å². The van der Waals surface area contributed by atoms with Gasteiger partial charge in [0.25, 0.3) is 0 Å². The lowest BCUT2D eigenvalue weighted by Gasteiger charge is -2.39. The molecule has 1 N–H and O–H groups in total. The summed E-state index contributed by atoms with van der Waals surface area (Å²) in [4.78, 5) is 6.57. The first-order chi connectivity index (χ1) is 12.7. The molecule has 138 valence electrons. The van der Waals surface area contributed by atoms with E-state index >= 15 is 0 Å². The third-order valence-corrected chi connectivity index (χ3v) is 7.18. The minimum atomic E-state index is -1.18. The molecule has 6 heteroatoms. The van der Waals surface area contributed by atoms with Crippen LogP contribution in [0.25, 0.3) is 0 Å². The van der Waals surface area contributed by atoms with Gasteiger partial charge in [0, 0.05) is 53.6 Å². The molecule has 0 bridgehead atoms. The van der Waals surface area contributed by atoms with Crippen molar-refractivity contribution in [2.75, 3.05) is 39.3 Å². The summed E-state index contributed by atoms with van der Waals surface area (Å²) >= 11 is 6.23. The van der Waals surface area contributed by atoms with Crippen LogP contribution >= 0.6 is 11.6 Å². The molecular formula is C20H23ClN2O2S. The fourth-order valence-corrected chi connectivity index (χ4v) is 5.64. The molecule has 2 aliphatic heterocycles. The van der Waals surface area contributed by atoms with Crippen LogP contribution in [-0.4, -0.2) is 58.4 Å². The summed E-state index contributed by atoms with van der Waals surface area (Å²) in [5.74, 6) is 0. The molecule has 0 saturated carbocycles. The number of benzene rings is 2. The molecule has 2 atom stereocenters. The van der Waals surface area contributed by atoms with Crippen LogP contribution in [0, 0.1) is 0 Å². The Balaban J connectivity index is 1.70. The van der Waals surface area contributed by atoms with Gasteiger partial charge >= 0.3 is 0 Å². The molecule has 4 rings (SSSR count). The lowest BCUT2D eigenvalue weighted by Crippen LogP contribution is -2.48. The molecule has 4 nitrogen and oxygen atoms in total. The van der Waals surface area contributed by atoms with E-state index in [1.165, 1.54) is 0 Å². The van der Waals surface area contributed by atoms with Gasteiger partial charge in [-0.2, -0.15) is 0 Å². The maximum Gasteiger partial charge on any atom is 0.0855 e. The highest BCUT2D eigenvalue weighted by molar-refractivity contribution is 7.85. The molecule has 0 aliphatic carbocycles. The van der Waals surface area contributed by atoms with Gasteiger partial charge in [-0.15, -0.1) is 0 Å². The number of β-amino-alcohol motifs (C(OH)–C–C–N with tert-alkyl or cyclic N) is 1. The van der Waals surface area contributed by atoms with E-state index in [0.717, 1.165) is 60.1 Å². The molecular weight excluding hydrogens is 368 g/mol. The summed E-state index contributed by atoms with van der Waals surface area (Å²) in [7, 11) is -1.18. The zero-order valence-corrected chi connectivity index (χ0v) is 16.2. The first-order valence-corrected chi connectivity index (χ1v) is 10.6. The smallest absolute Gasteiger partial charge is 0.0855 e. The normalized spacial score (nSPS) is 23.9. The molecule has 26 heavy (non-hydrogen) atoms. The third kappa shape index (κ3) is 3.47. The van der Waals surface area contributed by atoms with Gasteiger partial charge in [0.15, 0.2) is 0 Å². The maximum atomic E-state index is 13.2. The maximum absolute atomic E-state index is 13.2. The molecule has 1 saturated heterocycles. The van der Waals surface area contributed by atoms with E-state index in [2.05, 4.69) is 15.9 Å². The molecule has 2 aromatic carbocycles. The molecule has 0 radical (unpaired) electrons. The molecule has 0 unspecified atom stereocenters. The standard InChI is InChI=1S/C20H23ClN2O2S/c21-16-5-6-19-15(13-16)14-18(17-3-1-2-4-20(17)26(19)25)23-9-7-22(8-10-23)11-12-24/h1-6,13,18,24H,7-12,14H2/t18-,26-/m1/s1. The van der Waals surface area contributed by atoms with Crippen LogP contribution in [0.5, 0.6) is 0 Å². The molecule has 2 aromatic rings. The predicted molar refractivity (Wildman–Crippen MR) is 104 cm³/mol. The number of nitrogens with zero attached hydrogens (tertiary/aromatic N) is 2. The van der Waals surface area contributed by atoms with Crippen LogP contribution in [0.4, 0.5) is 0 Å². The second-order valence-electron chi connectivity index (χ2n) is 6.88. The first kappa shape index (κ1) is 18.1. The third-order valence-electron chi connectivity index (χ3n) is 5.38. The molecule has 1 fully saturated rings. The number of hydrogen-bond acceptors (Lipinski definition) is 4. The SMILES string of the molecule is O=[S@@]1c2ccc(Cl)cc2C[C@@H](N2CCN(CCO)CC2)c2ccccc21. The van der Waals surface area contributed by atoms with Gasteiger partial charge < -0.3 is 5.11 Å². The monoisotopic (exact) mass is 390 g/mol. The zero-order chi connectivity index (χ0) is 18.1. The Morgan fingerprint density at radius 2 is 1.85 bits per heavy atom. The van der Waals surface area contributed by atoms with Gasteiger partial charge in [0.2, 0.25) is 0 Å². The lowest BCUT2D eigenvalue weighted by molar-refractivity contribution is 0.0823. The topological polar surface area (TPSA) is 43.8 Å². The van der Waals surface area contributed by atoms with E-state index in [-0.39, 0.29) is 12.6 Å². The summed E-state index contributed by atoms with van der Waals surface area (Å²) in [6.45, 7) is 4.73. The van der Waals surface area contributed by atoms with E-state index < -0.39 is 10.8 Å². The summed E-state index contributed by atoms with van der Waals surface area (Å²) in [6, 6.07) is 14.0. The molecule has 2 aliphatic rings. The van der Waals surface area contributed by atoms with Gasteiger partial charge in [-0.1, -0.05) is 29.8 Å². The van der Waals surface area contributed by atoms with Gasteiger partial charge in [-0.3, -0.25) is 9.80 Å². The first-order valence-electron chi connectivity index (χ1n) is 9.04. The average molecular weight is 391 g/mol. The van der Waals surface area contributed by atoms with Crippen molar-refractivity contribution >= 4 is 22.4 Å². The number of aliphatic hydroxyl groups is 1. The van der Waals surface area contributed by atoms with Crippen LogP contribution < -0.4 is 0 Å². The lowest BCUT2D eigenvalue weighted by atomic mass is 9.96. The second-order valence-corrected chi connectivity index (χ2v) is 8.73. The van der Waals surface area contributed by atoms with Crippen LogP contribution in [-0.2, 0) is 17.2 Å². The van der Waals surface area contributed by atoms with Crippen molar-refractivity contribution in [3.05, 3.63) is 58.6 Å². The molecule has 0 spiro atoms. The number of halogens is 1. The van der Waals surface area contributed by atoms with Crippen molar-refractivity contribution in [2.45, 2.75) is 22.3 Å². The predicted octanol–water partition coefficient (Wildman–Crippen LogP) is 2.71. The van der Waals surface area contributed by atoms with Gasteiger partial charge in [-0.25, -0.2) is 4.21 Å². The number of rotatable bonds is 3. The van der Waals surface area contributed by atoms with E-state index in [1.54, 1.807) is 0 Å². The Labute approximate surface area is 161 Å². The van der Waals surface area contributed by atoms with Crippen LogP contribution in [0.2, 0.25) is 5.02 Å². The summed E-state index contributed by atoms with van der Waals surface area (Å²) in [5, 5.41) is 9.86. The van der Waals surface area contributed by atoms with Crippen LogP contribution in [0.1, 0.15) is 17.2 Å². The molecule has 0 amide bonds. The number of hydrogen-bond donors (Lipinski definition) is 1. The fraction of sp³-hybridized carbons (Fsp3) is 0.400. The van der Waals surface area contributed by atoms with Crippen molar-refractivity contribution in [3.63, 3.8) is 0 Å². The van der Waals surface area contributed by atoms with E-state index in [1.807, 2.05) is 36.4 Å². The van der Waals surface area contributed by atoms with Crippen molar-refractivity contribution in [3.8, 4) is 0 Å². The van der Waals surface area contributed by atoms with E-state index in [0.29, 0.717) is 5.02 Å². The van der Waals surface area contributed by atoms with Gasteiger partial charge in [-0.05, 0) is 41.8 Å². The Kier molecular flexibility index (Phi) is 5.43. The molecule has 2 heterocycles. The summed E-state index contributed by atoms with van der Waals surface area (Å²) < 4.78 is 13.2. The summed E-state index contributed by atoms with van der Waals surface area (Å²) in [5.41, 5.74) is 2.24. The highest BCUT2D eigenvalue weighted by atomic mass is 35.5. The number of fused-ring (bicyclic) bond motifs is 2. The Hall–Kier alpha value is -1.24. The highest BCUT2D eigenvalue weighted by Gasteiger charge is 2.32. The molecule has 0 aromatic heterocycles. The average Bonchev–Trinajstić information content (AvgIpc) is 2.78. The van der Waals surface area contributed by atoms with Crippen LogP contribution in [0.3, 0.4) is 0 Å². The fourth-order valence-electron chi connectivity index (χ4n) is 4.02. The second kappa shape index (κ2) is 7.79. The largest absolute Gasteiger partial charge is 0.395 e. The van der Waals surface area contributed by atoms with Crippen molar-refractivity contribution < 1.29 is 9.32 Å². The Bertz CT molecular complexity index is 821. The van der Waals surface area contributed by atoms with Crippen molar-refractivity contribution in [2.24, 2.45) is 0 Å². The minimum absolute atomic E-state index is 0.200. The quantitative estimate of drug-likeness (QED) is 0.875. The summed E-state index contributed by atoms with van der Waals surface area (Å²) in [6.07, 6.45) is 0.818. The number of piperazine rings is 1.